The summed E-state index contributed by atoms with van der Waals surface area (Å²) in [5.41, 5.74) is 2.04. The van der Waals surface area contributed by atoms with Crippen LogP contribution in [-0.2, 0) is 6.54 Å². The molecule has 0 radical (unpaired) electrons. The number of nitrogens with one attached hydrogen (secondary N) is 2. The topological polar surface area (TPSA) is 49.4 Å². The van der Waals surface area contributed by atoms with E-state index in [1.807, 2.05) is 36.5 Å². The number of methoxy groups -OCH3 is 1. The lowest BCUT2D eigenvalue weighted by molar-refractivity contribution is 0.414. The van der Waals surface area contributed by atoms with Crippen molar-refractivity contribution < 1.29 is 4.74 Å². The Morgan fingerprint density at radius 2 is 2.08 bits per heavy atom. The molecular formula is C20H26N4OS. The maximum absolute atomic E-state index is 5.37. The number of aromatic nitrogens is 1. The lowest BCUT2D eigenvalue weighted by atomic mass is 10.0. The number of hydrogen-bond donors (Lipinski definition) is 2. The number of piperidine rings is 1. The van der Waals surface area contributed by atoms with Crippen molar-refractivity contribution in [3.8, 4) is 5.75 Å². The molecule has 3 rings (SSSR count). The monoisotopic (exact) mass is 370 g/mol. The summed E-state index contributed by atoms with van der Waals surface area (Å²) in [7, 11) is 1.66. The van der Waals surface area contributed by atoms with Crippen LogP contribution in [0.3, 0.4) is 0 Å². The molecule has 2 N–H and O–H groups in total. The number of thiocarbonyl (C=S) groups is 1. The number of benzene rings is 1. The zero-order chi connectivity index (χ0) is 18.4. The number of hydrogen-bond acceptors (Lipinski definition) is 4. The Kier molecular flexibility index (Phi) is 6.28. The zero-order valence-corrected chi connectivity index (χ0v) is 16.2. The van der Waals surface area contributed by atoms with Crippen molar-refractivity contribution in [3.05, 3.63) is 48.2 Å². The molecule has 1 aromatic carbocycles. The van der Waals surface area contributed by atoms with Gasteiger partial charge in [-0.15, -0.1) is 0 Å². The third kappa shape index (κ3) is 5.08. The molecular weight excluding hydrogens is 344 g/mol. The third-order valence-corrected chi connectivity index (χ3v) is 4.85. The fourth-order valence-corrected chi connectivity index (χ4v) is 3.34. The van der Waals surface area contributed by atoms with Crippen LogP contribution in [0.2, 0.25) is 0 Å². The third-order valence-electron chi connectivity index (χ3n) is 4.60. The Hall–Kier alpha value is -2.34. The highest BCUT2D eigenvalue weighted by Gasteiger charge is 2.17. The van der Waals surface area contributed by atoms with Crippen molar-refractivity contribution in [2.45, 2.75) is 26.3 Å². The first-order valence-electron chi connectivity index (χ1n) is 9.03. The van der Waals surface area contributed by atoms with Gasteiger partial charge in [0.25, 0.3) is 0 Å². The van der Waals surface area contributed by atoms with Gasteiger partial charge in [0, 0.05) is 19.6 Å². The predicted molar refractivity (Wildman–Crippen MR) is 111 cm³/mol. The number of anilines is 2. The van der Waals surface area contributed by atoms with Gasteiger partial charge < -0.3 is 20.3 Å². The largest absolute Gasteiger partial charge is 0.497 e. The Labute approximate surface area is 160 Å². The first-order valence-corrected chi connectivity index (χ1v) is 9.43. The predicted octanol–water partition coefficient (Wildman–Crippen LogP) is 3.81. The van der Waals surface area contributed by atoms with Gasteiger partial charge in [0.15, 0.2) is 5.11 Å². The normalized spacial score (nSPS) is 16.8. The summed E-state index contributed by atoms with van der Waals surface area (Å²) in [6.45, 7) is 5.13. The summed E-state index contributed by atoms with van der Waals surface area (Å²) in [6, 6.07) is 12.0. The second-order valence-electron chi connectivity index (χ2n) is 6.75. The van der Waals surface area contributed by atoms with Crippen LogP contribution in [0.25, 0.3) is 0 Å². The van der Waals surface area contributed by atoms with Gasteiger partial charge in [-0.3, -0.25) is 0 Å². The minimum Gasteiger partial charge on any atom is -0.497 e. The molecule has 0 spiro atoms. The van der Waals surface area contributed by atoms with E-state index in [0.29, 0.717) is 11.7 Å². The fraction of sp³-hybridized carbons (Fsp3) is 0.400. The van der Waals surface area contributed by atoms with E-state index in [1.165, 1.54) is 12.8 Å². The maximum Gasteiger partial charge on any atom is 0.171 e. The van der Waals surface area contributed by atoms with Crippen molar-refractivity contribution in [2.24, 2.45) is 5.92 Å². The van der Waals surface area contributed by atoms with Crippen LogP contribution in [0.5, 0.6) is 5.75 Å². The van der Waals surface area contributed by atoms with Crippen molar-refractivity contribution in [1.29, 1.82) is 0 Å². The van der Waals surface area contributed by atoms with E-state index >= 15 is 0 Å². The molecule has 6 heteroatoms. The summed E-state index contributed by atoms with van der Waals surface area (Å²) in [4.78, 5) is 6.95. The summed E-state index contributed by atoms with van der Waals surface area (Å²) in [5.74, 6) is 2.63. The minimum atomic E-state index is 0.585. The second-order valence-corrected chi connectivity index (χ2v) is 7.16. The first kappa shape index (κ1) is 18.5. The Balaban J connectivity index is 1.49. The molecule has 2 aromatic rings. The highest BCUT2D eigenvalue weighted by molar-refractivity contribution is 7.80. The molecule has 1 aliphatic heterocycles. The van der Waals surface area contributed by atoms with Crippen molar-refractivity contribution in [2.75, 3.05) is 30.4 Å². The standard InChI is InChI=1S/C20H26N4OS/c1-15-4-3-11-24(14-15)19-10-7-17(13-21-19)23-20(26)22-12-16-5-8-18(25-2)9-6-16/h5-10,13,15H,3-4,11-12,14H2,1-2H3,(H2,22,23,26)/t15-/m1/s1. The summed E-state index contributed by atoms with van der Waals surface area (Å²) in [6.07, 6.45) is 4.39. The van der Waals surface area contributed by atoms with E-state index in [2.05, 4.69) is 33.5 Å². The van der Waals surface area contributed by atoms with Crippen LogP contribution in [0.1, 0.15) is 25.3 Å². The Morgan fingerprint density at radius 1 is 1.27 bits per heavy atom. The van der Waals surface area contributed by atoms with Gasteiger partial charge in [0.05, 0.1) is 19.0 Å². The molecule has 1 saturated heterocycles. The lowest BCUT2D eigenvalue weighted by Gasteiger charge is -2.31. The van der Waals surface area contributed by atoms with Crippen LogP contribution >= 0.6 is 12.2 Å². The van der Waals surface area contributed by atoms with Crippen LogP contribution in [-0.4, -0.2) is 30.3 Å². The van der Waals surface area contributed by atoms with Gasteiger partial charge in [-0.1, -0.05) is 19.1 Å². The lowest BCUT2D eigenvalue weighted by Crippen LogP contribution is -2.34. The number of ether oxygens (including phenoxy) is 1. The van der Waals surface area contributed by atoms with E-state index < -0.39 is 0 Å². The second kappa shape index (κ2) is 8.85. The molecule has 26 heavy (non-hydrogen) atoms. The molecule has 1 aromatic heterocycles. The van der Waals surface area contributed by atoms with Gasteiger partial charge in [-0.25, -0.2) is 4.98 Å². The minimum absolute atomic E-state index is 0.585. The fourth-order valence-electron chi connectivity index (χ4n) is 3.15. The molecule has 1 atom stereocenters. The molecule has 2 heterocycles. The van der Waals surface area contributed by atoms with Crippen LogP contribution in [0.4, 0.5) is 11.5 Å². The number of rotatable bonds is 5. The smallest absolute Gasteiger partial charge is 0.171 e. The van der Waals surface area contributed by atoms with Gasteiger partial charge in [0.2, 0.25) is 0 Å². The molecule has 0 amide bonds. The van der Waals surface area contributed by atoms with Crippen LogP contribution < -0.4 is 20.3 Å². The van der Waals surface area contributed by atoms with Crippen molar-refractivity contribution in [1.82, 2.24) is 10.3 Å². The molecule has 1 aliphatic rings. The van der Waals surface area contributed by atoms with E-state index in [4.69, 9.17) is 17.0 Å². The highest BCUT2D eigenvalue weighted by Crippen LogP contribution is 2.22. The van der Waals surface area contributed by atoms with E-state index in [-0.39, 0.29) is 0 Å². The number of nitrogens with zero attached hydrogens (tertiary/aromatic N) is 2. The molecule has 0 saturated carbocycles. The van der Waals surface area contributed by atoms with Gasteiger partial charge in [-0.2, -0.15) is 0 Å². The van der Waals surface area contributed by atoms with Crippen LogP contribution in [0, 0.1) is 5.92 Å². The molecule has 0 aliphatic carbocycles. The average Bonchev–Trinajstić information content (AvgIpc) is 2.67. The Morgan fingerprint density at radius 3 is 2.73 bits per heavy atom. The van der Waals surface area contributed by atoms with Crippen molar-refractivity contribution >= 4 is 28.8 Å². The SMILES string of the molecule is COc1ccc(CNC(=S)Nc2ccc(N3CCC[C@@H](C)C3)nc2)cc1. The quantitative estimate of drug-likeness (QED) is 0.781. The van der Waals surface area contributed by atoms with Crippen LogP contribution in [0.15, 0.2) is 42.6 Å². The van der Waals surface area contributed by atoms with E-state index in [1.54, 1.807) is 7.11 Å². The molecule has 5 nitrogen and oxygen atoms in total. The maximum atomic E-state index is 5.37. The summed E-state index contributed by atoms with van der Waals surface area (Å²) >= 11 is 5.37. The summed E-state index contributed by atoms with van der Waals surface area (Å²) < 4.78 is 5.16. The van der Waals surface area contributed by atoms with E-state index in [0.717, 1.165) is 41.8 Å². The van der Waals surface area contributed by atoms with Gasteiger partial charge >= 0.3 is 0 Å². The van der Waals surface area contributed by atoms with Gasteiger partial charge in [-0.05, 0) is 60.8 Å². The molecule has 1 fully saturated rings. The van der Waals surface area contributed by atoms with E-state index in [9.17, 15) is 0 Å². The van der Waals surface area contributed by atoms with Gasteiger partial charge in [0.1, 0.15) is 11.6 Å². The highest BCUT2D eigenvalue weighted by atomic mass is 32.1. The molecule has 0 bridgehead atoms. The Bertz CT molecular complexity index is 718. The first-order chi connectivity index (χ1) is 12.6. The molecule has 138 valence electrons. The summed E-state index contributed by atoms with van der Waals surface area (Å²) in [5, 5.41) is 6.98. The zero-order valence-electron chi connectivity index (χ0n) is 15.4. The average molecular weight is 371 g/mol. The van der Waals surface area contributed by atoms with Crippen molar-refractivity contribution in [3.63, 3.8) is 0 Å². The molecule has 0 unspecified atom stereocenters. The number of pyridine rings is 1.